The Bertz CT molecular complexity index is 552. The standard InChI is InChI=1S/C16H17N2O/c1-12(11-13-7-3-2-4-8-13)16(19)18-15-10-6-5-9-14(15)17/h2-10,12H,1,11,17H2,(H,18,19)/t12-/m0/s1. The highest BCUT2D eigenvalue weighted by Gasteiger charge is 2.14. The van der Waals surface area contributed by atoms with Crippen molar-refractivity contribution in [2.75, 3.05) is 11.1 Å². The number of nitrogens with two attached hydrogens (primary N) is 1. The van der Waals surface area contributed by atoms with Crippen molar-refractivity contribution >= 4 is 17.3 Å². The summed E-state index contributed by atoms with van der Waals surface area (Å²) < 4.78 is 0. The highest BCUT2D eigenvalue weighted by Crippen LogP contribution is 2.18. The fourth-order valence-corrected chi connectivity index (χ4v) is 1.84. The van der Waals surface area contributed by atoms with Gasteiger partial charge in [-0.25, -0.2) is 0 Å². The number of nitrogen functional groups attached to an aromatic ring is 1. The number of hydrogen-bond acceptors (Lipinski definition) is 2. The van der Waals surface area contributed by atoms with E-state index < -0.39 is 0 Å². The molecule has 0 saturated carbocycles. The van der Waals surface area contributed by atoms with Gasteiger partial charge in [0, 0.05) is 5.92 Å². The van der Waals surface area contributed by atoms with Gasteiger partial charge >= 0.3 is 0 Å². The maximum absolute atomic E-state index is 12.0. The number of anilines is 2. The van der Waals surface area contributed by atoms with Crippen LogP contribution >= 0.6 is 0 Å². The molecule has 19 heavy (non-hydrogen) atoms. The van der Waals surface area contributed by atoms with Crippen molar-refractivity contribution in [2.45, 2.75) is 6.42 Å². The van der Waals surface area contributed by atoms with Crippen molar-refractivity contribution in [3.8, 4) is 0 Å². The Balaban J connectivity index is 1.99. The second-order valence-corrected chi connectivity index (χ2v) is 4.46. The van der Waals surface area contributed by atoms with Crippen molar-refractivity contribution in [3.05, 3.63) is 67.1 Å². The maximum atomic E-state index is 12.0. The molecule has 97 valence electrons. The van der Waals surface area contributed by atoms with Crippen LogP contribution in [0, 0.1) is 12.8 Å². The second kappa shape index (κ2) is 6.05. The van der Waals surface area contributed by atoms with E-state index in [2.05, 4.69) is 12.2 Å². The van der Waals surface area contributed by atoms with E-state index >= 15 is 0 Å². The van der Waals surface area contributed by atoms with E-state index in [1.54, 1.807) is 12.1 Å². The molecule has 3 N–H and O–H groups in total. The molecule has 1 atom stereocenters. The molecule has 0 aromatic heterocycles. The molecule has 0 fully saturated rings. The van der Waals surface area contributed by atoms with Crippen LogP contribution in [0.1, 0.15) is 5.56 Å². The zero-order valence-corrected chi connectivity index (χ0v) is 10.7. The zero-order chi connectivity index (χ0) is 13.7. The largest absolute Gasteiger partial charge is 0.397 e. The lowest BCUT2D eigenvalue weighted by atomic mass is 10.0. The van der Waals surface area contributed by atoms with Gasteiger partial charge in [0.15, 0.2) is 0 Å². The molecule has 0 aliphatic rings. The zero-order valence-electron chi connectivity index (χ0n) is 10.7. The van der Waals surface area contributed by atoms with E-state index in [0.29, 0.717) is 17.8 Å². The number of amides is 1. The lowest BCUT2D eigenvalue weighted by Crippen LogP contribution is -2.22. The van der Waals surface area contributed by atoms with Gasteiger partial charge in [0.1, 0.15) is 0 Å². The predicted octanol–water partition coefficient (Wildman–Crippen LogP) is 2.90. The Hall–Kier alpha value is -2.29. The summed E-state index contributed by atoms with van der Waals surface area (Å²) in [4.78, 5) is 12.0. The molecule has 3 nitrogen and oxygen atoms in total. The predicted molar refractivity (Wildman–Crippen MR) is 78.5 cm³/mol. The Kier molecular flexibility index (Phi) is 4.18. The number of rotatable bonds is 4. The molecule has 0 heterocycles. The first kappa shape index (κ1) is 13.1. The first-order valence-electron chi connectivity index (χ1n) is 6.19. The third kappa shape index (κ3) is 3.58. The molecule has 1 amide bonds. The summed E-state index contributed by atoms with van der Waals surface area (Å²) in [6.07, 6.45) is 0.611. The van der Waals surface area contributed by atoms with Crippen molar-refractivity contribution in [1.82, 2.24) is 0 Å². The average molecular weight is 253 g/mol. The van der Waals surface area contributed by atoms with E-state index in [4.69, 9.17) is 5.73 Å². The van der Waals surface area contributed by atoms with Gasteiger partial charge in [-0.2, -0.15) is 0 Å². The maximum Gasteiger partial charge on any atom is 0.227 e. The molecule has 3 heteroatoms. The summed E-state index contributed by atoms with van der Waals surface area (Å²) >= 11 is 0. The van der Waals surface area contributed by atoms with Gasteiger partial charge in [0.05, 0.1) is 11.4 Å². The first-order valence-corrected chi connectivity index (χ1v) is 6.19. The topological polar surface area (TPSA) is 55.1 Å². The molecule has 0 unspecified atom stereocenters. The third-order valence-electron chi connectivity index (χ3n) is 2.91. The number of carbonyl (C=O) groups excluding carboxylic acids is 1. The van der Waals surface area contributed by atoms with Crippen LogP contribution in [0.15, 0.2) is 54.6 Å². The summed E-state index contributed by atoms with van der Waals surface area (Å²) in [5, 5.41) is 2.80. The SMILES string of the molecule is [CH2][C@@H](Cc1ccccc1)C(=O)Nc1ccccc1N. The lowest BCUT2D eigenvalue weighted by Gasteiger charge is -2.13. The van der Waals surface area contributed by atoms with Gasteiger partial charge in [0.25, 0.3) is 0 Å². The van der Waals surface area contributed by atoms with Gasteiger partial charge < -0.3 is 11.1 Å². The van der Waals surface area contributed by atoms with Crippen LogP contribution < -0.4 is 11.1 Å². The molecule has 0 aliphatic carbocycles. The number of para-hydroxylation sites is 2. The fourth-order valence-electron chi connectivity index (χ4n) is 1.84. The smallest absolute Gasteiger partial charge is 0.227 e. The summed E-state index contributed by atoms with van der Waals surface area (Å²) in [5.74, 6) is -0.469. The van der Waals surface area contributed by atoms with E-state index in [-0.39, 0.29) is 11.8 Å². The molecule has 0 spiro atoms. The van der Waals surface area contributed by atoms with Crippen LogP contribution in [-0.2, 0) is 11.2 Å². The van der Waals surface area contributed by atoms with Crippen molar-refractivity contribution in [1.29, 1.82) is 0 Å². The molecule has 2 rings (SSSR count). The number of hydrogen-bond donors (Lipinski definition) is 2. The minimum Gasteiger partial charge on any atom is -0.397 e. The Morgan fingerprint density at radius 3 is 2.42 bits per heavy atom. The lowest BCUT2D eigenvalue weighted by molar-refractivity contribution is -0.118. The van der Waals surface area contributed by atoms with E-state index in [0.717, 1.165) is 5.56 Å². The number of carbonyl (C=O) groups is 1. The minimum absolute atomic E-state index is 0.123. The van der Waals surface area contributed by atoms with Crippen LogP contribution in [0.3, 0.4) is 0 Å². The summed E-state index contributed by atoms with van der Waals surface area (Å²) in [5.41, 5.74) is 8.07. The van der Waals surface area contributed by atoms with Gasteiger partial charge in [-0.05, 0) is 31.0 Å². The van der Waals surface area contributed by atoms with Gasteiger partial charge in [0.2, 0.25) is 5.91 Å². The average Bonchev–Trinajstić information content (AvgIpc) is 2.42. The van der Waals surface area contributed by atoms with Crippen molar-refractivity contribution in [2.24, 2.45) is 5.92 Å². The second-order valence-electron chi connectivity index (χ2n) is 4.46. The number of nitrogens with one attached hydrogen (secondary N) is 1. The van der Waals surface area contributed by atoms with E-state index in [1.807, 2.05) is 42.5 Å². The number of benzene rings is 2. The normalized spacial score (nSPS) is 11.8. The molecule has 0 bridgehead atoms. The third-order valence-corrected chi connectivity index (χ3v) is 2.91. The van der Waals surface area contributed by atoms with Crippen LogP contribution in [-0.4, -0.2) is 5.91 Å². The summed E-state index contributed by atoms with van der Waals surface area (Å²) in [6.45, 7) is 3.91. The van der Waals surface area contributed by atoms with Gasteiger partial charge in [-0.1, -0.05) is 42.5 Å². The van der Waals surface area contributed by atoms with Crippen LogP contribution in [0.4, 0.5) is 11.4 Å². The first-order chi connectivity index (χ1) is 9.16. The molecule has 2 aromatic rings. The Morgan fingerprint density at radius 1 is 1.11 bits per heavy atom. The van der Waals surface area contributed by atoms with Gasteiger partial charge in [-0.3, -0.25) is 4.79 Å². The van der Waals surface area contributed by atoms with Crippen LogP contribution in [0.5, 0.6) is 0 Å². The van der Waals surface area contributed by atoms with E-state index in [9.17, 15) is 4.79 Å². The molecule has 2 aromatic carbocycles. The summed E-state index contributed by atoms with van der Waals surface area (Å²) in [7, 11) is 0. The summed E-state index contributed by atoms with van der Waals surface area (Å²) in [6, 6.07) is 17.0. The molecule has 0 saturated heterocycles. The molecule has 1 radical (unpaired) electrons. The fraction of sp³-hybridized carbons (Fsp3) is 0.125. The molecular weight excluding hydrogens is 236 g/mol. The highest BCUT2D eigenvalue weighted by molar-refractivity contribution is 5.95. The minimum atomic E-state index is -0.345. The monoisotopic (exact) mass is 253 g/mol. The van der Waals surface area contributed by atoms with Gasteiger partial charge in [-0.15, -0.1) is 0 Å². The van der Waals surface area contributed by atoms with Crippen molar-refractivity contribution in [3.63, 3.8) is 0 Å². The Morgan fingerprint density at radius 2 is 1.74 bits per heavy atom. The molecular formula is C16H17N2O. The van der Waals surface area contributed by atoms with Crippen LogP contribution in [0.2, 0.25) is 0 Å². The van der Waals surface area contributed by atoms with E-state index in [1.165, 1.54) is 0 Å². The van der Waals surface area contributed by atoms with Crippen LogP contribution in [0.25, 0.3) is 0 Å². The highest BCUT2D eigenvalue weighted by atomic mass is 16.1. The molecule has 0 aliphatic heterocycles. The Labute approximate surface area is 113 Å². The van der Waals surface area contributed by atoms with Crippen molar-refractivity contribution < 1.29 is 4.79 Å². The quantitative estimate of drug-likeness (QED) is 0.823.